The molecule has 0 saturated heterocycles. The first-order valence-electron chi connectivity index (χ1n) is 8.40. The van der Waals surface area contributed by atoms with E-state index in [-0.39, 0.29) is 0 Å². The molecule has 0 fully saturated rings. The van der Waals surface area contributed by atoms with E-state index in [1.54, 1.807) is 13.0 Å². The van der Waals surface area contributed by atoms with Gasteiger partial charge in [-0.1, -0.05) is 6.07 Å². The Morgan fingerprint density at radius 1 is 1.00 bits per heavy atom. The fourth-order valence-electron chi connectivity index (χ4n) is 3.48. The molecule has 2 aromatic carbocycles. The molecule has 0 bridgehead atoms. The number of hydrogen-bond donors (Lipinski definition) is 2. The van der Waals surface area contributed by atoms with Gasteiger partial charge >= 0.3 is 5.97 Å². The highest BCUT2D eigenvalue weighted by atomic mass is 16.4. The van der Waals surface area contributed by atoms with Gasteiger partial charge in [-0.15, -0.1) is 0 Å². The molecule has 0 saturated carbocycles. The lowest BCUT2D eigenvalue weighted by Crippen LogP contribution is -2.02. The number of aromatic amines is 1. The van der Waals surface area contributed by atoms with Gasteiger partial charge in [-0.25, -0.2) is 4.79 Å². The van der Waals surface area contributed by atoms with Crippen molar-refractivity contribution in [1.82, 2.24) is 4.98 Å². The molecular formula is C22H23NO2. The van der Waals surface area contributed by atoms with Gasteiger partial charge in [-0.3, -0.25) is 0 Å². The molecule has 0 amide bonds. The second kappa shape index (κ2) is 6.25. The number of carboxylic acid groups (broad SMARTS) is 1. The molecule has 2 N–H and O–H groups in total. The minimum atomic E-state index is -0.879. The molecule has 25 heavy (non-hydrogen) atoms. The van der Waals surface area contributed by atoms with Gasteiger partial charge < -0.3 is 10.1 Å². The summed E-state index contributed by atoms with van der Waals surface area (Å²) < 4.78 is 0. The van der Waals surface area contributed by atoms with E-state index in [1.165, 1.54) is 27.6 Å². The van der Waals surface area contributed by atoms with E-state index < -0.39 is 5.97 Å². The van der Waals surface area contributed by atoms with Crippen molar-refractivity contribution in [3.63, 3.8) is 0 Å². The summed E-state index contributed by atoms with van der Waals surface area (Å²) in [6.07, 6.45) is 3.74. The molecule has 0 unspecified atom stereocenters. The lowest BCUT2D eigenvalue weighted by Gasteiger charge is -2.20. The summed E-state index contributed by atoms with van der Waals surface area (Å²) in [6.45, 7) is 10.0. The monoisotopic (exact) mass is 333 g/mol. The first-order chi connectivity index (χ1) is 11.8. The van der Waals surface area contributed by atoms with Crippen LogP contribution in [0.4, 0.5) is 0 Å². The average molecular weight is 333 g/mol. The lowest BCUT2D eigenvalue weighted by molar-refractivity contribution is -0.132. The fourth-order valence-corrected chi connectivity index (χ4v) is 3.48. The first-order valence-corrected chi connectivity index (χ1v) is 8.40. The lowest BCUT2D eigenvalue weighted by atomic mass is 9.85. The van der Waals surface area contributed by atoms with Gasteiger partial charge in [0.05, 0.1) is 0 Å². The number of fused-ring (bicyclic) bond motifs is 1. The molecule has 128 valence electrons. The van der Waals surface area contributed by atoms with Gasteiger partial charge in [-0.05, 0) is 103 Å². The number of benzene rings is 2. The zero-order valence-corrected chi connectivity index (χ0v) is 15.3. The van der Waals surface area contributed by atoms with Gasteiger partial charge in [0.1, 0.15) is 0 Å². The number of carbonyl (C=O) groups is 1. The van der Waals surface area contributed by atoms with Crippen LogP contribution in [0.3, 0.4) is 0 Å². The van der Waals surface area contributed by atoms with Crippen LogP contribution in [-0.4, -0.2) is 16.1 Å². The molecule has 0 aliphatic rings. The molecule has 0 spiro atoms. The van der Waals surface area contributed by atoms with Crippen molar-refractivity contribution >= 4 is 22.9 Å². The van der Waals surface area contributed by atoms with E-state index in [0.717, 1.165) is 22.2 Å². The topological polar surface area (TPSA) is 53.1 Å². The highest BCUT2D eigenvalue weighted by molar-refractivity contribution is 5.93. The number of carboxylic acids is 1. The van der Waals surface area contributed by atoms with Crippen LogP contribution in [0, 0.1) is 27.7 Å². The van der Waals surface area contributed by atoms with Crippen LogP contribution >= 0.6 is 0 Å². The van der Waals surface area contributed by atoms with E-state index in [2.05, 4.69) is 56.9 Å². The van der Waals surface area contributed by atoms with Crippen LogP contribution in [0.25, 0.3) is 28.1 Å². The van der Waals surface area contributed by atoms with Crippen molar-refractivity contribution in [3.8, 4) is 11.1 Å². The molecular weight excluding hydrogens is 310 g/mol. The van der Waals surface area contributed by atoms with Crippen molar-refractivity contribution in [2.45, 2.75) is 34.6 Å². The van der Waals surface area contributed by atoms with Crippen LogP contribution in [0.5, 0.6) is 0 Å². The van der Waals surface area contributed by atoms with Gasteiger partial charge in [-0.2, -0.15) is 0 Å². The molecule has 3 nitrogen and oxygen atoms in total. The predicted molar refractivity (Wildman–Crippen MR) is 104 cm³/mol. The van der Waals surface area contributed by atoms with Crippen LogP contribution in [-0.2, 0) is 4.79 Å². The van der Waals surface area contributed by atoms with E-state index in [1.807, 2.05) is 6.20 Å². The summed E-state index contributed by atoms with van der Waals surface area (Å²) >= 11 is 0. The van der Waals surface area contributed by atoms with Gasteiger partial charge in [0.15, 0.2) is 0 Å². The predicted octanol–water partition coefficient (Wildman–Crippen LogP) is 5.56. The normalized spacial score (nSPS) is 12.0. The number of H-pyrrole nitrogens is 1. The number of nitrogens with one attached hydrogen (secondary N) is 1. The SMILES string of the molecule is C/C(=C\c1c(C)c(C)c(-c2ccc3[nH]ccc3c2)c(C)c1C)C(=O)O. The van der Waals surface area contributed by atoms with Gasteiger partial charge in [0, 0.05) is 17.3 Å². The van der Waals surface area contributed by atoms with Crippen molar-refractivity contribution < 1.29 is 9.90 Å². The summed E-state index contributed by atoms with van der Waals surface area (Å²) in [5.41, 5.74) is 9.59. The van der Waals surface area contributed by atoms with E-state index in [0.29, 0.717) is 5.57 Å². The number of hydrogen-bond acceptors (Lipinski definition) is 1. The summed E-state index contributed by atoms with van der Waals surface area (Å²) in [6, 6.07) is 8.54. The smallest absolute Gasteiger partial charge is 0.331 e. The van der Waals surface area contributed by atoms with E-state index >= 15 is 0 Å². The molecule has 3 heteroatoms. The Morgan fingerprint density at radius 3 is 2.24 bits per heavy atom. The Labute approximate surface area is 148 Å². The zero-order chi connectivity index (χ0) is 18.3. The maximum Gasteiger partial charge on any atom is 0.331 e. The molecule has 1 heterocycles. The van der Waals surface area contributed by atoms with Crippen molar-refractivity contribution in [2.24, 2.45) is 0 Å². The van der Waals surface area contributed by atoms with Crippen molar-refractivity contribution in [1.29, 1.82) is 0 Å². The molecule has 3 rings (SSSR count). The number of rotatable bonds is 3. The van der Waals surface area contributed by atoms with Crippen LogP contribution < -0.4 is 0 Å². The summed E-state index contributed by atoms with van der Waals surface area (Å²) in [4.78, 5) is 14.4. The van der Waals surface area contributed by atoms with Crippen LogP contribution in [0.2, 0.25) is 0 Å². The fraction of sp³-hybridized carbons (Fsp3) is 0.227. The third-order valence-corrected chi connectivity index (χ3v) is 5.22. The first kappa shape index (κ1) is 17.0. The summed E-state index contributed by atoms with van der Waals surface area (Å²) in [7, 11) is 0. The minimum absolute atomic E-state index is 0.353. The molecule has 1 aromatic heterocycles. The maximum atomic E-state index is 11.2. The largest absolute Gasteiger partial charge is 0.478 e. The highest BCUT2D eigenvalue weighted by Gasteiger charge is 2.16. The Morgan fingerprint density at radius 2 is 1.64 bits per heavy atom. The maximum absolute atomic E-state index is 11.2. The Bertz CT molecular complexity index is 993. The molecule has 0 aliphatic heterocycles. The zero-order valence-electron chi connectivity index (χ0n) is 15.3. The molecule has 0 aliphatic carbocycles. The van der Waals surface area contributed by atoms with Crippen molar-refractivity contribution in [3.05, 3.63) is 63.9 Å². The molecule has 0 atom stereocenters. The average Bonchev–Trinajstić information content (AvgIpc) is 3.04. The number of aliphatic carboxylic acids is 1. The Balaban J connectivity index is 2.25. The minimum Gasteiger partial charge on any atom is -0.478 e. The quantitative estimate of drug-likeness (QED) is 0.617. The van der Waals surface area contributed by atoms with Crippen LogP contribution in [0.1, 0.15) is 34.7 Å². The third-order valence-electron chi connectivity index (χ3n) is 5.22. The summed E-state index contributed by atoms with van der Waals surface area (Å²) in [5.74, 6) is -0.879. The van der Waals surface area contributed by atoms with E-state index in [9.17, 15) is 9.90 Å². The standard InChI is InChI=1S/C22H23NO2/c1-12(22(24)25)10-19-13(2)15(4)21(16(5)14(19)3)18-6-7-20-17(11-18)8-9-23-20/h6-11,23H,1-5H3,(H,24,25)/b12-10+. The summed E-state index contributed by atoms with van der Waals surface area (Å²) in [5, 5.41) is 10.4. The van der Waals surface area contributed by atoms with Gasteiger partial charge in [0.25, 0.3) is 0 Å². The number of aromatic nitrogens is 1. The van der Waals surface area contributed by atoms with Gasteiger partial charge in [0.2, 0.25) is 0 Å². The Hall–Kier alpha value is -2.81. The molecule has 3 aromatic rings. The Kier molecular flexibility index (Phi) is 4.25. The molecule has 0 radical (unpaired) electrons. The highest BCUT2D eigenvalue weighted by Crippen LogP contribution is 2.36. The van der Waals surface area contributed by atoms with Crippen molar-refractivity contribution in [2.75, 3.05) is 0 Å². The van der Waals surface area contributed by atoms with E-state index in [4.69, 9.17) is 0 Å². The third kappa shape index (κ3) is 2.86. The van der Waals surface area contributed by atoms with Crippen LogP contribution in [0.15, 0.2) is 36.0 Å². The second-order valence-electron chi connectivity index (χ2n) is 6.70. The second-order valence-corrected chi connectivity index (χ2v) is 6.70.